The van der Waals surface area contributed by atoms with Crippen LogP contribution >= 0.6 is 11.9 Å². The molecule has 30 heavy (non-hydrogen) atoms. The number of hydrogen-bond acceptors (Lipinski definition) is 7. The summed E-state index contributed by atoms with van der Waals surface area (Å²) in [6.07, 6.45) is 1.54. The number of ether oxygens (including phenoxy) is 1. The number of rotatable bonds is 6. The van der Waals surface area contributed by atoms with Crippen molar-refractivity contribution < 1.29 is 9.15 Å². The molecule has 0 spiro atoms. The minimum atomic E-state index is -0.364. The summed E-state index contributed by atoms with van der Waals surface area (Å²) in [7, 11) is 1.70. The molecule has 2 unspecified atom stereocenters. The van der Waals surface area contributed by atoms with Crippen molar-refractivity contribution in [3.05, 3.63) is 58.6 Å². The molecule has 1 aliphatic heterocycles. The lowest BCUT2D eigenvalue weighted by atomic mass is 10.0. The van der Waals surface area contributed by atoms with E-state index in [1.807, 2.05) is 42.5 Å². The third-order valence-corrected chi connectivity index (χ3v) is 6.28. The Kier molecular flexibility index (Phi) is 6.55. The van der Waals surface area contributed by atoms with Crippen LogP contribution in [0.15, 0.2) is 51.7 Å². The summed E-state index contributed by atoms with van der Waals surface area (Å²) in [4.78, 5) is 11.7. The lowest BCUT2D eigenvalue weighted by Crippen LogP contribution is -2.33. The quantitative estimate of drug-likeness (QED) is 0.588. The Balaban J connectivity index is 1.40. The lowest BCUT2D eigenvalue weighted by Gasteiger charge is -2.17. The molecule has 0 saturated carbocycles. The van der Waals surface area contributed by atoms with Crippen molar-refractivity contribution in [2.24, 2.45) is 7.05 Å². The van der Waals surface area contributed by atoms with Crippen LogP contribution in [0.5, 0.6) is 0 Å². The van der Waals surface area contributed by atoms with Crippen LogP contribution in [-0.4, -0.2) is 35.7 Å². The summed E-state index contributed by atoms with van der Waals surface area (Å²) in [5, 5.41) is 13.2. The fourth-order valence-corrected chi connectivity index (χ4v) is 4.32. The third-order valence-electron chi connectivity index (χ3n) is 5.17. The molecule has 1 aromatic heterocycles. The summed E-state index contributed by atoms with van der Waals surface area (Å²) < 4.78 is 15.4. The van der Waals surface area contributed by atoms with Crippen molar-refractivity contribution in [3.8, 4) is 17.2 Å². The number of nitrogens with one attached hydrogen (secondary N) is 2. The highest BCUT2D eigenvalue weighted by atomic mass is 32.2. The van der Waals surface area contributed by atoms with Gasteiger partial charge in [-0.1, -0.05) is 42.3 Å². The van der Waals surface area contributed by atoms with E-state index >= 15 is 0 Å². The molecular formula is C22H24N4O3S. The highest BCUT2D eigenvalue weighted by Gasteiger charge is 2.15. The molecule has 2 aromatic carbocycles. The van der Waals surface area contributed by atoms with Crippen LogP contribution in [0.3, 0.4) is 0 Å². The second-order valence-electron chi connectivity index (χ2n) is 7.27. The summed E-state index contributed by atoms with van der Waals surface area (Å²) in [5.74, 6) is -0.364. The van der Waals surface area contributed by atoms with E-state index in [0.29, 0.717) is 12.0 Å². The van der Waals surface area contributed by atoms with E-state index in [-0.39, 0.29) is 17.2 Å². The monoisotopic (exact) mass is 424 g/mol. The first-order chi connectivity index (χ1) is 14.6. The zero-order valence-electron chi connectivity index (χ0n) is 16.8. The van der Waals surface area contributed by atoms with Crippen molar-refractivity contribution in [2.75, 3.05) is 19.8 Å². The molecule has 1 saturated heterocycles. The normalized spacial score (nSPS) is 18.1. The van der Waals surface area contributed by atoms with Crippen LogP contribution in [-0.2, 0) is 18.2 Å². The van der Waals surface area contributed by atoms with Gasteiger partial charge in [0.15, 0.2) is 5.58 Å². The fraction of sp³-hybridized carbons (Fsp3) is 0.364. The summed E-state index contributed by atoms with van der Waals surface area (Å²) >= 11 is 1.57. The summed E-state index contributed by atoms with van der Waals surface area (Å²) in [6, 6.07) is 16.0. The van der Waals surface area contributed by atoms with Crippen LogP contribution in [0, 0.1) is 11.3 Å². The molecule has 1 fully saturated rings. The predicted octanol–water partition coefficient (Wildman–Crippen LogP) is 2.81. The van der Waals surface area contributed by atoms with Gasteiger partial charge in [0, 0.05) is 26.6 Å². The average molecular weight is 425 g/mol. The molecular weight excluding hydrogens is 400 g/mol. The van der Waals surface area contributed by atoms with E-state index in [9.17, 15) is 10.1 Å². The molecule has 0 bridgehead atoms. The first kappa shape index (κ1) is 20.7. The highest BCUT2D eigenvalue weighted by molar-refractivity contribution is 7.98. The molecule has 3 aromatic rings. The molecule has 2 heterocycles. The van der Waals surface area contributed by atoms with Crippen molar-refractivity contribution in [1.82, 2.24) is 14.6 Å². The highest BCUT2D eigenvalue weighted by Crippen LogP contribution is 2.24. The number of oxazole rings is 1. The van der Waals surface area contributed by atoms with Gasteiger partial charge in [-0.15, -0.1) is 0 Å². The first-order valence-corrected chi connectivity index (χ1v) is 10.8. The maximum atomic E-state index is 11.7. The van der Waals surface area contributed by atoms with Gasteiger partial charge in [0.05, 0.1) is 23.6 Å². The molecule has 1 aliphatic rings. The van der Waals surface area contributed by atoms with E-state index in [4.69, 9.17) is 9.15 Å². The largest absolute Gasteiger partial charge is 0.419 e. The van der Waals surface area contributed by atoms with Gasteiger partial charge in [-0.3, -0.25) is 4.57 Å². The van der Waals surface area contributed by atoms with Crippen LogP contribution in [0.2, 0.25) is 0 Å². The number of aryl methyl sites for hydroxylation is 1. The molecule has 0 amide bonds. The van der Waals surface area contributed by atoms with Crippen LogP contribution in [0.4, 0.5) is 0 Å². The van der Waals surface area contributed by atoms with Gasteiger partial charge in [0.25, 0.3) is 0 Å². The maximum absolute atomic E-state index is 11.7. The molecule has 156 valence electrons. The zero-order valence-corrected chi connectivity index (χ0v) is 17.6. The van der Waals surface area contributed by atoms with Gasteiger partial charge in [0.1, 0.15) is 6.04 Å². The second kappa shape index (κ2) is 9.49. The van der Waals surface area contributed by atoms with Gasteiger partial charge >= 0.3 is 5.76 Å². The molecule has 8 heteroatoms. The van der Waals surface area contributed by atoms with Gasteiger partial charge in [0.2, 0.25) is 0 Å². The number of nitriles is 1. The van der Waals surface area contributed by atoms with E-state index in [2.05, 4.69) is 16.1 Å². The van der Waals surface area contributed by atoms with E-state index < -0.39 is 0 Å². The van der Waals surface area contributed by atoms with Crippen LogP contribution < -0.4 is 15.8 Å². The van der Waals surface area contributed by atoms with Crippen LogP contribution in [0.25, 0.3) is 22.2 Å². The van der Waals surface area contributed by atoms with Crippen LogP contribution in [0.1, 0.15) is 12.0 Å². The van der Waals surface area contributed by atoms with Crippen molar-refractivity contribution in [3.63, 3.8) is 0 Å². The Bertz CT molecular complexity index is 1090. The Labute approximate surface area is 179 Å². The second-order valence-corrected chi connectivity index (χ2v) is 8.31. The molecule has 2 N–H and O–H groups in total. The molecule has 2 atom stereocenters. The predicted molar refractivity (Wildman–Crippen MR) is 118 cm³/mol. The van der Waals surface area contributed by atoms with E-state index in [0.717, 1.165) is 48.4 Å². The topological polar surface area (TPSA) is 92.2 Å². The third kappa shape index (κ3) is 4.77. The maximum Gasteiger partial charge on any atom is 0.419 e. The average Bonchev–Trinajstić information content (AvgIpc) is 2.93. The summed E-state index contributed by atoms with van der Waals surface area (Å²) in [6.45, 7) is 2.30. The molecule has 0 radical (unpaired) electrons. The van der Waals surface area contributed by atoms with Crippen molar-refractivity contribution in [1.29, 1.82) is 5.26 Å². The van der Waals surface area contributed by atoms with E-state index in [1.165, 1.54) is 4.57 Å². The number of hydrogen-bond donors (Lipinski definition) is 2. The Hall–Kier alpha value is -2.57. The standard InChI is InChI=1S/C22H24N4O3S/c1-26-19-13-17(6-7-20(19)29-22(26)27)16-4-2-15(3-5-16)12-18(14-23)25-30-21-8-10-28-11-9-24-21/h2-7,13,18,21,24-25H,8-12H2,1H3. The smallest absolute Gasteiger partial charge is 0.408 e. The van der Waals surface area contributed by atoms with Gasteiger partial charge in [-0.05, 0) is 35.2 Å². The number of fused-ring (bicyclic) bond motifs is 1. The van der Waals surface area contributed by atoms with Crippen molar-refractivity contribution in [2.45, 2.75) is 24.3 Å². The Morgan fingerprint density at radius 2 is 2.07 bits per heavy atom. The Morgan fingerprint density at radius 3 is 2.87 bits per heavy atom. The SMILES string of the molecule is Cn1c(=O)oc2ccc(-c3ccc(CC(C#N)NSC4CCOCCN4)cc3)cc21. The minimum Gasteiger partial charge on any atom is -0.408 e. The first-order valence-electron chi connectivity index (χ1n) is 9.95. The number of benzene rings is 2. The fourth-order valence-electron chi connectivity index (χ4n) is 3.44. The lowest BCUT2D eigenvalue weighted by molar-refractivity contribution is 0.151. The zero-order chi connectivity index (χ0) is 20.9. The van der Waals surface area contributed by atoms with Gasteiger partial charge in [-0.2, -0.15) is 5.26 Å². The summed E-state index contributed by atoms with van der Waals surface area (Å²) in [5.41, 5.74) is 4.50. The number of nitrogens with zero attached hydrogens (tertiary/aromatic N) is 2. The van der Waals surface area contributed by atoms with Gasteiger partial charge < -0.3 is 14.5 Å². The minimum absolute atomic E-state index is 0.250. The van der Waals surface area contributed by atoms with Crippen molar-refractivity contribution >= 4 is 23.0 Å². The molecule has 7 nitrogen and oxygen atoms in total. The van der Waals surface area contributed by atoms with E-state index in [1.54, 1.807) is 19.0 Å². The number of aromatic nitrogens is 1. The van der Waals surface area contributed by atoms with Gasteiger partial charge in [-0.25, -0.2) is 9.52 Å². The molecule has 4 rings (SSSR count). The molecule has 0 aliphatic carbocycles. The Morgan fingerprint density at radius 1 is 1.27 bits per heavy atom.